The first kappa shape index (κ1) is 26.3. The molecule has 0 spiro atoms. The number of ketones is 1. The number of aromatic hydroxyl groups is 2. The van der Waals surface area contributed by atoms with Crippen LogP contribution in [0.15, 0.2) is 53.2 Å². The minimum absolute atomic E-state index is 0.0200. The van der Waals surface area contributed by atoms with Gasteiger partial charge in [-0.3, -0.25) is 4.79 Å². The second kappa shape index (κ2) is 10.1. The lowest BCUT2D eigenvalue weighted by molar-refractivity contribution is -0.120. The number of benzene rings is 2. The van der Waals surface area contributed by atoms with E-state index >= 15 is 0 Å². The lowest BCUT2D eigenvalue weighted by Gasteiger charge is -2.36. The molecule has 1 atom stereocenters. The summed E-state index contributed by atoms with van der Waals surface area (Å²) in [6.45, 7) is 11.5. The van der Waals surface area contributed by atoms with E-state index in [1.807, 2.05) is 65.0 Å². The van der Waals surface area contributed by atoms with Crippen LogP contribution in [-0.2, 0) is 16.6 Å². The van der Waals surface area contributed by atoms with E-state index in [-0.39, 0.29) is 40.6 Å². The highest BCUT2D eigenvalue weighted by molar-refractivity contribution is 6.11. The van der Waals surface area contributed by atoms with E-state index in [9.17, 15) is 25.2 Å². The molecule has 0 aliphatic heterocycles. The van der Waals surface area contributed by atoms with Crippen LogP contribution in [0.5, 0.6) is 11.5 Å². The van der Waals surface area contributed by atoms with Crippen LogP contribution in [0.25, 0.3) is 16.5 Å². The lowest BCUT2D eigenvalue weighted by Crippen LogP contribution is -2.37. The van der Waals surface area contributed by atoms with Gasteiger partial charge in [-0.05, 0) is 83.4 Å². The number of aryl methyl sites for hydroxylation is 1. The van der Waals surface area contributed by atoms with Gasteiger partial charge in [0.15, 0.2) is 5.78 Å². The summed E-state index contributed by atoms with van der Waals surface area (Å²) in [5.41, 5.74) is 4.10. The number of hydrogen-bond donors (Lipinski definition) is 4. The molecular formula is C30H36O5. The summed E-state index contributed by atoms with van der Waals surface area (Å²) in [7, 11) is 0. The highest BCUT2D eigenvalue weighted by atomic mass is 16.3. The number of hydrogen-bond acceptors (Lipinski definition) is 5. The van der Waals surface area contributed by atoms with Gasteiger partial charge in [-0.25, -0.2) is 0 Å². The number of aliphatic hydroxyl groups excluding tert-OH is 2. The number of phenolic OH excluding ortho intramolecular Hbond substituents is 2. The standard InChI is InChI=1S/C30H36O5/c1-17(2)7-8-22-20(6)13-21-14-23-27(29(35)26(21)28(22)34)24(32)15-25(33)30(23,11-9-18(3)4)12-10-19(5)16-31/h7,9-10,13-15,31-32,34-35H,8,11-12,16H2,1-6H3/b19-10+/t30-/m0/s1. The van der Waals surface area contributed by atoms with E-state index in [2.05, 4.69) is 0 Å². The van der Waals surface area contributed by atoms with Crippen LogP contribution in [0, 0.1) is 6.92 Å². The zero-order valence-electron chi connectivity index (χ0n) is 21.5. The Bertz CT molecular complexity index is 1300. The van der Waals surface area contributed by atoms with Gasteiger partial charge in [0.1, 0.15) is 17.3 Å². The van der Waals surface area contributed by atoms with Crippen molar-refractivity contribution in [3.63, 3.8) is 0 Å². The molecule has 4 N–H and O–H groups in total. The van der Waals surface area contributed by atoms with Crippen LogP contribution >= 0.6 is 0 Å². The van der Waals surface area contributed by atoms with Gasteiger partial charge in [0.05, 0.1) is 23.0 Å². The third-order valence-corrected chi connectivity index (χ3v) is 6.83. The lowest BCUT2D eigenvalue weighted by atomic mass is 9.66. The first-order valence-corrected chi connectivity index (χ1v) is 11.9. The number of carbonyl (C=O) groups is 1. The fourth-order valence-corrected chi connectivity index (χ4v) is 4.67. The minimum Gasteiger partial charge on any atom is -0.507 e. The molecule has 186 valence electrons. The molecule has 2 aromatic carbocycles. The van der Waals surface area contributed by atoms with E-state index in [1.165, 1.54) is 6.08 Å². The molecular weight excluding hydrogens is 440 g/mol. The van der Waals surface area contributed by atoms with Crippen molar-refractivity contribution in [3.8, 4) is 11.5 Å². The SMILES string of the molecule is CC(C)=CCc1c(C)cc2cc3c(c(O)c2c1O)C(O)=CC(=O)[C@@]3(CC=C(C)C)C/C=C(\C)CO. The van der Waals surface area contributed by atoms with Gasteiger partial charge >= 0.3 is 0 Å². The van der Waals surface area contributed by atoms with Gasteiger partial charge in [-0.1, -0.05) is 41.0 Å². The number of allylic oxidation sites excluding steroid dienone is 6. The Hall–Kier alpha value is -3.31. The van der Waals surface area contributed by atoms with Crippen molar-refractivity contribution >= 4 is 22.3 Å². The highest BCUT2D eigenvalue weighted by Gasteiger charge is 2.44. The van der Waals surface area contributed by atoms with Crippen LogP contribution < -0.4 is 0 Å². The van der Waals surface area contributed by atoms with Crippen molar-refractivity contribution in [3.05, 3.63) is 75.4 Å². The molecule has 3 rings (SSSR count). The third-order valence-electron chi connectivity index (χ3n) is 6.83. The van der Waals surface area contributed by atoms with E-state index in [1.54, 1.807) is 6.92 Å². The molecule has 1 aliphatic rings. The van der Waals surface area contributed by atoms with Gasteiger partial charge < -0.3 is 20.4 Å². The first-order chi connectivity index (χ1) is 16.4. The molecule has 5 heteroatoms. The van der Waals surface area contributed by atoms with E-state index in [0.717, 1.165) is 22.3 Å². The molecule has 1 aliphatic carbocycles. The smallest absolute Gasteiger partial charge is 0.170 e. The number of aliphatic hydroxyl groups is 2. The molecule has 0 heterocycles. The second-order valence-electron chi connectivity index (χ2n) is 10.1. The molecule has 0 radical (unpaired) electrons. The van der Waals surface area contributed by atoms with Gasteiger partial charge in [0, 0.05) is 11.6 Å². The Balaban J connectivity index is 2.39. The Labute approximate surface area is 207 Å². The molecule has 0 saturated heterocycles. The summed E-state index contributed by atoms with van der Waals surface area (Å²) in [6.07, 6.45) is 8.18. The zero-order chi connectivity index (χ0) is 26.1. The first-order valence-electron chi connectivity index (χ1n) is 11.9. The zero-order valence-corrected chi connectivity index (χ0v) is 21.5. The molecule has 0 fully saturated rings. The second-order valence-corrected chi connectivity index (χ2v) is 10.1. The van der Waals surface area contributed by atoms with Crippen molar-refractivity contribution < 1.29 is 25.2 Å². The molecule has 0 aromatic heterocycles. The topological polar surface area (TPSA) is 98.0 Å². The van der Waals surface area contributed by atoms with Crippen LogP contribution in [0.1, 0.15) is 69.7 Å². The largest absolute Gasteiger partial charge is 0.507 e. The molecule has 0 unspecified atom stereocenters. The van der Waals surface area contributed by atoms with Crippen molar-refractivity contribution in [2.24, 2.45) is 0 Å². The molecule has 0 bridgehead atoms. The number of fused-ring (bicyclic) bond motifs is 2. The minimum atomic E-state index is -1.06. The normalized spacial score (nSPS) is 17.7. The van der Waals surface area contributed by atoms with Gasteiger partial charge in [-0.15, -0.1) is 0 Å². The van der Waals surface area contributed by atoms with E-state index in [0.29, 0.717) is 35.8 Å². The fourth-order valence-electron chi connectivity index (χ4n) is 4.67. The summed E-state index contributed by atoms with van der Waals surface area (Å²) < 4.78 is 0. The molecule has 2 aromatic rings. The average molecular weight is 477 g/mol. The molecule has 35 heavy (non-hydrogen) atoms. The Morgan fingerprint density at radius 1 is 0.914 bits per heavy atom. The number of rotatable bonds is 7. The maximum atomic E-state index is 13.5. The number of carbonyl (C=O) groups excluding carboxylic acids is 1. The average Bonchev–Trinajstić information content (AvgIpc) is 2.77. The quantitative estimate of drug-likeness (QED) is 0.343. The van der Waals surface area contributed by atoms with Crippen LogP contribution in [0.2, 0.25) is 0 Å². The predicted octanol–water partition coefficient (Wildman–Crippen LogP) is 6.47. The molecule has 0 amide bonds. The summed E-state index contributed by atoms with van der Waals surface area (Å²) in [6, 6.07) is 3.72. The van der Waals surface area contributed by atoms with Crippen LogP contribution in [-0.4, -0.2) is 32.8 Å². The summed E-state index contributed by atoms with van der Waals surface area (Å²) >= 11 is 0. The number of phenols is 2. The Morgan fingerprint density at radius 2 is 1.54 bits per heavy atom. The van der Waals surface area contributed by atoms with E-state index < -0.39 is 5.41 Å². The van der Waals surface area contributed by atoms with Crippen molar-refractivity contribution in [1.82, 2.24) is 0 Å². The maximum Gasteiger partial charge on any atom is 0.170 e. The van der Waals surface area contributed by atoms with E-state index in [4.69, 9.17) is 0 Å². The summed E-state index contributed by atoms with van der Waals surface area (Å²) in [4.78, 5) is 13.5. The van der Waals surface area contributed by atoms with Crippen molar-refractivity contribution in [1.29, 1.82) is 0 Å². The fraction of sp³-hybridized carbons (Fsp3) is 0.367. The highest BCUT2D eigenvalue weighted by Crippen LogP contribution is 2.50. The summed E-state index contributed by atoms with van der Waals surface area (Å²) in [5, 5.41) is 43.8. The maximum absolute atomic E-state index is 13.5. The third kappa shape index (κ3) is 4.92. The van der Waals surface area contributed by atoms with Gasteiger partial charge in [0.25, 0.3) is 0 Å². The molecule has 5 nitrogen and oxygen atoms in total. The predicted molar refractivity (Wildman–Crippen MR) is 142 cm³/mol. The summed E-state index contributed by atoms with van der Waals surface area (Å²) in [5.74, 6) is -0.833. The Morgan fingerprint density at radius 3 is 2.14 bits per heavy atom. The van der Waals surface area contributed by atoms with Crippen molar-refractivity contribution in [2.45, 2.75) is 66.2 Å². The van der Waals surface area contributed by atoms with Crippen molar-refractivity contribution in [2.75, 3.05) is 6.61 Å². The van der Waals surface area contributed by atoms with Gasteiger partial charge in [-0.2, -0.15) is 0 Å². The van der Waals surface area contributed by atoms with Gasteiger partial charge in [0.2, 0.25) is 0 Å². The van der Waals surface area contributed by atoms with Crippen LogP contribution in [0.4, 0.5) is 0 Å². The van der Waals surface area contributed by atoms with Crippen LogP contribution in [0.3, 0.4) is 0 Å². The molecule has 0 saturated carbocycles. The monoisotopic (exact) mass is 476 g/mol. The Kier molecular flexibility index (Phi) is 7.61.